The Hall–Kier alpha value is -2.88. The molecular formula is C17H14N4. The highest BCUT2D eigenvalue weighted by Gasteiger charge is 2.12. The SMILES string of the molecule is Cc1ccc2cccc(-n3c(N)nc4ccccc43)c2n1. The lowest BCUT2D eigenvalue weighted by atomic mass is 10.1. The quantitative estimate of drug-likeness (QED) is 0.578. The van der Waals surface area contributed by atoms with E-state index in [1.807, 2.05) is 54.0 Å². The number of anilines is 1. The highest BCUT2D eigenvalue weighted by molar-refractivity contribution is 5.90. The summed E-state index contributed by atoms with van der Waals surface area (Å²) in [6, 6.07) is 18.1. The first-order valence-electron chi connectivity index (χ1n) is 6.84. The summed E-state index contributed by atoms with van der Waals surface area (Å²) in [7, 11) is 0. The molecule has 4 aromatic rings. The van der Waals surface area contributed by atoms with Gasteiger partial charge in [0.15, 0.2) is 0 Å². The molecule has 0 amide bonds. The first kappa shape index (κ1) is 11.9. The zero-order valence-electron chi connectivity index (χ0n) is 11.6. The first-order chi connectivity index (χ1) is 10.2. The van der Waals surface area contributed by atoms with Crippen LogP contribution in [0.1, 0.15) is 5.69 Å². The fourth-order valence-electron chi connectivity index (χ4n) is 2.71. The van der Waals surface area contributed by atoms with Gasteiger partial charge in [0.05, 0.1) is 22.2 Å². The number of rotatable bonds is 1. The number of nitrogen functional groups attached to an aromatic ring is 1. The summed E-state index contributed by atoms with van der Waals surface area (Å²) in [4.78, 5) is 9.11. The van der Waals surface area contributed by atoms with Crippen molar-refractivity contribution < 1.29 is 0 Å². The van der Waals surface area contributed by atoms with Gasteiger partial charge in [0.25, 0.3) is 0 Å². The molecule has 2 aromatic carbocycles. The van der Waals surface area contributed by atoms with Crippen molar-refractivity contribution in [3.8, 4) is 5.69 Å². The van der Waals surface area contributed by atoms with Crippen molar-refractivity contribution in [2.45, 2.75) is 6.92 Å². The van der Waals surface area contributed by atoms with Gasteiger partial charge in [-0.15, -0.1) is 0 Å². The maximum atomic E-state index is 6.14. The fraction of sp³-hybridized carbons (Fsp3) is 0.0588. The maximum Gasteiger partial charge on any atom is 0.206 e. The van der Waals surface area contributed by atoms with Gasteiger partial charge in [-0.1, -0.05) is 30.3 Å². The van der Waals surface area contributed by atoms with Crippen LogP contribution >= 0.6 is 0 Å². The molecule has 0 spiro atoms. The van der Waals surface area contributed by atoms with Crippen LogP contribution in [0.2, 0.25) is 0 Å². The molecule has 0 unspecified atom stereocenters. The third-order valence-electron chi connectivity index (χ3n) is 3.67. The minimum Gasteiger partial charge on any atom is -0.369 e. The highest BCUT2D eigenvalue weighted by atomic mass is 15.2. The van der Waals surface area contributed by atoms with E-state index in [1.54, 1.807) is 0 Å². The van der Waals surface area contributed by atoms with Gasteiger partial charge in [-0.3, -0.25) is 9.55 Å². The summed E-state index contributed by atoms with van der Waals surface area (Å²) in [6.45, 7) is 1.99. The lowest BCUT2D eigenvalue weighted by Gasteiger charge is -2.10. The van der Waals surface area contributed by atoms with Crippen LogP contribution in [0.4, 0.5) is 5.95 Å². The molecule has 4 rings (SSSR count). The van der Waals surface area contributed by atoms with Crippen LogP contribution in [0.3, 0.4) is 0 Å². The molecule has 2 aromatic heterocycles. The third-order valence-corrected chi connectivity index (χ3v) is 3.67. The topological polar surface area (TPSA) is 56.7 Å². The van der Waals surface area contributed by atoms with E-state index in [0.717, 1.165) is 33.3 Å². The van der Waals surface area contributed by atoms with Crippen molar-refractivity contribution in [2.24, 2.45) is 0 Å². The molecule has 0 aliphatic rings. The number of para-hydroxylation sites is 3. The number of hydrogen-bond donors (Lipinski definition) is 1. The minimum atomic E-state index is 0.479. The van der Waals surface area contributed by atoms with Gasteiger partial charge in [-0.2, -0.15) is 0 Å². The van der Waals surface area contributed by atoms with Crippen LogP contribution in [0.15, 0.2) is 54.6 Å². The molecule has 2 heterocycles. The number of pyridine rings is 1. The van der Waals surface area contributed by atoms with Crippen molar-refractivity contribution >= 4 is 27.9 Å². The molecule has 0 atom stereocenters. The summed E-state index contributed by atoms with van der Waals surface area (Å²) >= 11 is 0. The van der Waals surface area contributed by atoms with Crippen LogP contribution in [-0.4, -0.2) is 14.5 Å². The lowest BCUT2D eigenvalue weighted by molar-refractivity contribution is 1.11. The van der Waals surface area contributed by atoms with Gasteiger partial charge in [0.2, 0.25) is 5.95 Å². The number of aryl methyl sites for hydroxylation is 1. The smallest absolute Gasteiger partial charge is 0.206 e. The van der Waals surface area contributed by atoms with Crippen LogP contribution in [0.5, 0.6) is 0 Å². The van der Waals surface area contributed by atoms with Crippen LogP contribution in [0, 0.1) is 6.92 Å². The highest BCUT2D eigenvalue weighted by Crippen LogP contribution is 2.27. The van der Waals surface area contributed by atoms with Gasteiger partial charge < -0.3 is 5.73 Å². The van der Waals surface area contributed by atoms with Crippen molar-refractivity contribution in [1.29, 1.82) is 0 Å². The van der Waals surface area contributed by atoms with Gasteiger partial charge in [-0.25, -0.2) is 4.98 Å². The summed E-state index contributed by atoms with van der Waals surface area (Å²) < 4.78 is 1.96. The Labute approximate surface area is 121 Å². The second-order valence-electron chi connectivity index (χ2n) is 5.10. The molecule has 21 heavy (non-hydrogen) atoms. The van der Waals surface area contributed by atoms with Gasteiger partial charge in [-0.05, 0) is 31.2 Å². The molecule has 0 radical (unpaired) electrons. The van der Waals surface area contributed by atoms with Crippen molar-refractivity contribution in [3.63, 3.8) is 0 Å². The molecule has 2 N–H and O–H groups in total. The average molecular weight is 274 g/mol. The summed E-state index contributed by atoms with van der Waals surface area (Å²) in [5.41, 5.74) is 10.9. The Kier molecular flexibility index (Phi) is 2.44. The van der Waals surface area contributed by atoms with E-state index in [-0.39, 0.29) is 0 Å². The fourth-order valence-corrected chi connectivity index (χ4v) is 2.71. The molecule has 0 saturated heterocycles. The Bertz CT molecular complexity index is 969. The third kappa shape index (κ3) is 1.76. The van der Waals surface area contributed by atoms with E-state index in [2.05, 4.69) is 22.1 Å². The van der Waals surface area contributed by atoms with E-state index in [9.17, 15) is 0 Å². The summed E-state index contributed by atoms with van der Waals surface area (Å²) in [6.07, 6.45) is 0. The van der Waals surface area contributed by atoms with Gasteiger partial charge >= 0.3 is 0 Å². The lowest BCUT2D eigenvalue weighted by Crippen LogP contribution is -2.02. The van der Waals surface area contributed by atoms with E-state index < -0.39 is 0 Å². The Balaban J connectivity index is 2.14. The van der Waals surface area contributed by atoms with E-state index in [4.69, 9.17) is 5.73 Å². The summed E-state index contributed by atoms with van der Waals surface area (Å²) in [5, 5.41) is 1.09. The minimum absolute atomic E-state index is 0.479. The van der Waals surface area contributed by atoms with Crippen LogP contribution < -0.4 is 5.73 Å². The molecule has 0 fully saturated rings. The number of aromatic nitrogens is 3. The predicted molar refractivity (Wildman–Crippen MR) is 85.5 cm³/mol. The molecule has 0 aliphatic carbocycles. The molecular weight excluding hydrogens is 260 g/mol. The first-order valence-corrected chi connectivity index (χ1v) is 6.84. The second-order valence-corrected chi connectivity index (χ2v) is 5.10. The zero-order valence-corrected chi connectivity index (χ0v) is 11.6. The number of nitrogens with two attached hydrogens (primary N) is 1. The number of fused-ring (bicyclic) bond motifs is 2. The molecule has 102 valence electrons. The maximum absolute atomic E-state index is 6.14. The largest absolute Gasteiger partial charge is 0.369 e. The molecule has 4 heteroatoms. The van der Waals surface area contributed by atoms with Crippen molar-refractivity contribution in [1.82, 2.24) is 14.5 Å². The summed E-state index contributed by atoms with van der Waals surface area (Å²) in [5.74, 6) is 0.479. The molecule has 0 aliphatic heterocycles. The Morgan fingerprint density at radius 1 is 0.905 bits per heavy atom. The molecule has 0 bridgehead atoms. The number of benzene rings is 2. The van der Waals surface area contributed by atoms with Gasteiger partial charge in [0, 0.05) is 11.1 Å². The zero-order chi connectivity index (χ0) is 14.4. The predicted octanol–water partition coefficient (Wildman–Crippen LogP) is 3.46. The van der Waals surface area contributed by atoms with Crippen molar-refractivity contribution in [2.75, 3.05) is 5.73 Å². The number of nitrogens with zero attached hydrogens (tertiary/aromatic N) is 3. The Morgan fingerprint density at radius 2 is 1.76 bits per heavy atom. The number of imidazole rings is 1. The van der Waals surface area contributed by atoms with Gasteiger partial charge in [0.1, 0.15) is 0 Å². The van der Waals surface area contributed by atoms with Crippen molar-refractivity contribution in [3.05, 3.63) is 60.3 Å². The second kappa shape index (κ2) is 4.31. The Morgan fingerprint density at radius 3 is 2.67 bits per heavy atom. The number of hydrogen-bond acceptors (Lipinski definition) is 3. The average Bonchev–Trinajstić information content (AvgIpc) is 2.82. The normalized spacial score (nSPS) is 11.3. The monoisotopic (exact) mass is 274 g/mol. The molecule has 0 saturated carbocycles. The van der Waals surface area contributed by atoms with E-state index in [0.29, 0.717) is 5.95 Å². The van der Waals surface area contributed by atoms with E-state index >= 15 is 0 Å². The van der Waals surface area contributed by atoms with E-state index in [1.165, 1.54) is 0 Å². The van der Waals surface area contributed by atoms with Crippen LogP contribution in [0.25, 0.3) is 27.6 Å². The standard InChI is InChI=1S/C17H14N4/c1-11-9-10-12-5-4-8-15(16(12)19-11)21-14-7-3-2-6-13(14)20-17(21)18/h2-10H,1H3,(H2,18,20). The van der Waals surface area contributed by atoms with Crippen LogP contribution in [-0.2, 0) is 0 Å². The molecule has 4 nitrogen and oxygen atoms in total.